The van der Waals surface area contributed by atoms with Gasteiger partial charge in [-0.2, -0.15) is 0 Å². The highest BCUT2D eigenvalue weighted by Gasteiger charge is 2.20. The molecule has 1 saturated heterocycles. The van der Waals surface area contributed by atoms with Crippen molar-refractivity contribution >= 4 is 45.4 Å². The third-order valence-electron chi connectivity index (χ3n) is 5.81. The predicted molar refractivity (Wildman–Crippen MR) is 176 cm³/mol. The van der Waals surface area contributed by atoms with Crippen LogP contribution in [0.5, 0.6) is 0 Å². The van der Waals surface area contributed by atoms with Crippen molar-refractivity contribution in [1.82, 2.24) is 4.98 Å². The molecular weight excluding hydrogens is 516 g/mol. The minimum absolute atomic E-state index is 0.177. The number of unbranched alkanes of at least 4 members (excludes halogenated alkanes) is 2. The zero-order valence-electron chi connectivity index (χ0n) is 25.4. The number of nitrogens with zero attached hydrogens (tertiary/aromatic N) is 3. The van der Waals surface area contributed by atoms with Crippen LogP contribution in [-0.4, -0.2) is 33.6 Å². The lowest BCUT2D eigenvalue weighted by molar-refractivity contribution is 0.102. The number of pyridine rings is 1. The fourth-order valence-corrected chi connectivity index (χ4v) is 4.87. The Kier molecular flexibility index (Phi) is 17.8. The van der Waals surface area contributed by atoms with Crippen molar-refractivity contribution < 1.29 is 9.00 Å². The lowest BCUT2D eigenvalue weighted by Gasteiger charge is -2.16. The van der Waals surface area contributed by atoms with Crippen LogP contribution >= 0.6 is 0 Å². The maximum Gasteiger partial charge on any atom is 0.255 e. The number of amides is 1. The van der Waals surface area contributed by atoms with E-state index >= 15 is 0 Å². The monoisotopic (exact) mass is 564 g/mol. The molecule has 1 amide bonds. The van der Waals surface area contributed by atoms with E-state index in [1.165, 1.54) is 19.3 Å². The molecule has 4 rings (SSSR count). The Bertz CT molecular complexity index is 1220. The molecule has 1 aliphatic rings. The zero-order chi connectivity index (χ0) is 29.8. The number of rotatable bonds is 7. The molecule has 1 atom stereocenters. The van der Waals surface area contributed by atoms with Gasteiger partial charge in [0.05, 0.1) is 5.52 Å². The van der Waals surface area contributed by atoms with Crippen molar-refractivity contribution in [2.45, 2.75) is 80.6 Å². The van der Waals surface area contributed by atoms with E-state index in [0.717, 1.165) is 41.7 Å². The van der Waals surface area contributed by atoms with Gasteiger partial charge in [-0.05, 0) is 69.2 Å². The van der Waals surface area contributed by atoms with Gasteiger partial charge in [-0.3, -0.25) is 19.1 Å². The second-order valence-electron chi connectivity index (χ2n) is 8.90. The van der Waals surface area contributed by atoms with E-state index in [4.69, 9.17) is 0 Å². The summed E-state index contributed by atoms with van der Waals surface area (Å²) in [6.45, 7) is 15.3. The van der Waals surface area contributed by atoms with Crippen LogP contribution in [0.2, 0.25) is 0 Å². The Morgan fingerprint density at radius 2 is 1.77 bits per heavy atom. The Hall–Kier alpha value is -3.32. The largest absolute Gasteiger partial charge is 0.322 e. The minimum atomic E-state index is -0.948. The lowest BCUT2D eigenvalue weighted by atomic mass is 10.1. The highest BCUT2D eigenvalue weighted by Crippen LogP contribution is 2.23. The predicted octanol–water partition coefficient (Wildman–Crippen LogP) is 8.97. The third kappa shape index (κ3) is 12.2. The van der Waals surface area contributed by atoms with Crippen molar-refractivity contribution in [3.8, 4) is 0 Å². The molecule has 1 fully saturated rings. The first-order valence-corrected chi connectivity index (χ1v) is 15.8. The van der Waals surface area contributed by atoms with Gasteiger partial charge in [0, 0.05) is 52.7 Å². The number of benzene rings is 2. The van der Waals surface area contributed by atoms with E-state index in [9.17, 15) is 9.00 Å². The Balaban J connectivity index is 0.000000445. The summed E-state index contributed by atoms with van der Waals surface area (Å²) in [5, 5.41) is 3.93. The van der Waals surface area contributed by atoms with E-state index in [2.05, 4.69) is 36.1 Å². The number of allylic oxidation sites excluding steroid dienone is 2. The zero-order valence-corrected chi connectivity index (χ0v) is 26.3. The summed E-state index contributed by atoms with van der Waals surface area (Å²) >= 11 is 0. The molecule has 0 aliphatic carbocycles. The second-order valence-corrected chi connectivity index (χ2v) is 10.4. The smallest absolute Gasteiger partial charge is 0.255 e. The molecule has 0 radical (unpaired) electrons. The summed E-state index contributed by atoms with van der Waals surface area (Å²) in [5.41, 5.74) is 4.09. The molecule has 1 N–H and O–H groups in total. The molecule has 1 unspecified atom stereocenters. The van der Waals surface area contributed by atoms with Gasteiger partial charge < -0.3 is 5.32 Å². The van der Waals surface area contributed by atoms with Crippen LogP contribution in [0.25, 0.3) is 10.9 Å². The van der Waals surface area contributed by atoms with Crippen LogP contribution in [0.15, 0.2) is 77.6 Å². The number of aliphatic imine (C=N–C) groups is 1. The van der Waals surface area contributed by atoms with E-state index in [1.54, 1.807) is 18.3 Å². The molecular formula is C33H48N4O2S. The number of fused-ring (bicyclic) bond motifs is 1. The maximum atomic E-state index is 12.4. The molecule has 0 spiro atoms. The number of aromatic nitrogens is 1. The Morgan fingerprint density at radius 3 is 2.33 bits per heavy atom. The SMILES string of the molecule is C/C=C(\C)N=CCC.CC.CCCCC.O=C(Nc1ccc2cccnc2c1)c1ccc(N2CCCS2=O)cc1. The molecule has 1 aromatic heterocycles. The van der Waals surface area contributed by atoms with Crippen LogP contribution in [0, 0.1) is 0 Å². The van der Waals surface area contributed by atoms with E-state index < -0.39 is 11.0 Å². The van der Waals surface area contributed by atoms with Gasteiger partial charge in [0.25, 0.3) is 5.91 Å². The number of carbonyl (C=O) groups excluding carboxylic acids is 1. The van der Waals surface area contributed by atoms with Gasteiger partial charge in [-0.1, -0.05) is 72.1 Å². The number of carbonyl (C=O) groups is 1. The number of hydrogen-bond donors (Lipinski definition) is 1. The van der Waals surface area contributed by atoms with Crippen LogP contribution in [0.4, 0.5) is 11.4 Å². The number of nitrogens with one attached hydrogen (secondary N) is 1. The number of hydrogen-bond acceptors (Lipinski definition) is 4. The molecule has 6 nitrogen and oxygen atoms in total. The molecule has 7 heteroatoms. The maximum absolute atomic E-state index is 12.4. The quantitative estimate of drug-likeness (QED) is 0.291. The first kappa shape index (κ1) is 34.7. The topological polar surface area (TPSA) is 74.7 Å². The third-order valence-corrected chi connectivity index (χ3v) is 7.33. The summed E-state index contributed by atoms with van der Waals surface area (Å²) in [5.74, 6) is 0.530. The van der Waals surface area contributed by atoms with Gasteiger partial charge in [0.15, 0.2) is 0 Å². The fourth-order valence-electron chi connectivity index (χ4n) is 3.58. The Morgan fingerprint density at radius 1 is 1.07 bits per heavy atom. The van der Waals surface area contributed by atoms with E-state index in [1.807, 2.05) is 86.8 Å². The molecule has 2 aromatic carbocycles. The van der Waals surface area contributed by atoms with Crippen molar-refractivity contribution in [3.05, 3.63) is 78.1 Å². The second kappa shape index (κ2) is 20.6. The highest BCUT2D eigenvalue weighted by atomic mass is 32.2. The van der Waals surface area contributed by atoms with E-state index in [0.29, 0.717) is 17.0 Å². The number of anilines is 2. The summed E-state index contributed by atoms with van der Waals surface area (Å²) in [4.78, 5) is 20.8. The highest BCUT2D eigenvalue weighted by molar-refractivity contribution is 7.86. The summed E-state index contributed by atoms with van der Waals surface area (Å²) in [6.07, 6.45) is 11.7. The van der Waals surface area contributed by atoms with Crippen LogP contribution in [0.3, 0.4) is 0 Å². The fraction of sp³-hybridized carbons (Fsp3) is 0.424. The van der Waals surface area contributed by atoms with Gasteiger partial charge in [-0.15, -0.1) is 0 Å². The molecule has 0 saturated carbocycles. The van der Waals surface area contributed by atoms with Crippen molar-refractivity contribution in [2.75, 3.05) is 21.9 Å². The van der Waals surface area contributed by atoms with Gasteiger partial charge in [0.2, 0.25) is 0 Å². The van der Waals surface area contributed by atoms with E-state index in [-0.39, 0.29) is 5.91 Å². The van der Waals surface area contributed by atoms with Gasteiger partial charge >= 0.3 is 0 Å². The lowest BCUT2D eigenvalue weighted by Crippen LogP contribution is -2.19. The minimum Gasteiger partial charge on any atom is -0.322 e. The van der Waals surface area contributed by atoms with Crippen molar-refractivity contribution in [3.63, 3.8) is 0 Å². The van der Waals surface area contributed by atoms with Gasteiger partial charge in [-0.25, -0.2) is 4.21 Å². The molecule has 0 bridgehead atoms. The van der Waals surface area contributed by atoms with Crippen LogP contribution < -0.4 is 9.62 Å². The summed E-state index contributed by atoms with van der Waals surface area (Å²) < 4.78 is 13.8. The average molecular weight is 565 g/mol. The van der Waals surface area contributed by atoms with Crippen molar-refractivity contribution in [1.29, 1.82) is 0 Å². The van der Waals surface area contributed by atoms with Crippen LogP contribution in [-0.2, 0) is 11.0 Å². The summed E-state index contributed by atoms with van der Waals surface area (Å²) in [6, 6.07) is 16.7. The van der Waals surface area contributed by atoms with Crippen molar-refractivity contribution in [2.24, 2.45) is 4.99 Å². The molecule has 2 heterocycles. The van der Waals surface area contributed by atoms with Gasteiger partial charge in [0.1, 0.15) is 11.0 Å². The normalized spacial score (nSPS) is 14.4. The first-order valence-electron chi connectivity index (χ1n) is 14.5. The molecule has 218 valence electrons. The summed E-state index contributed by atoms with van der Waals surface area (Å²) in [7, 11) is -0.948. The molecule has 1 aliphatic heterocycles. The average Bonchev–Trinajstić information content (AvgIpc) is 3.43. The van der Waals surface area contributed by atoms with Crippen LogP contribution in [0.1, 0.15) is 90.9 Å². The molecule has 40 heavy (non-hydrogen) atoms. The Labute approximate surface area is 244 Å². The molecule has 3 aromatic rings. The standard InChI is InChI=1S/C19H17N3O2S.C7H13N.C5H12.C2H6/c23-19(21-16-7-4-14-3-1-10-20-18(14)13-16)15-5-8-17(9-6-15)22-11-2-12-25(22)24;1-4-6-8-7(3)5-2;1-3-5-4-2;1-2/h1,3-10,13H,2,11-12H2,(H,21,23);5-6H,4H2,1-3H3;3-5H2,1-2H3;1-2H3/b;7-5+,8-6?;;. The first-order chi connectivity index (χ1) is 19.4.